The summed E-state index contributed by atoms with van der Waals surface area (Å²) in [6.45, 7) is -0.134. The first-order valence-electron chi connectivity index (χ1n) is 7.69. The van der Waals surface area contributed by atoms with Crippen molar-refractivity contribution in [3.8, 4) is 6.07 Å². The number of nitriles is 1. The third-order valence-corrected chi connectivity index (χ3v) is 4.52. The van der Waals surface area contributed by atoms with Gasteiger partial charge in [-0.15, -0.1) is 0 Å². The Morgan fingerprint density at radius 3 is 2.95 bits per heavy atom. The summed E-state index contributed by atoms with van der Waals surface area (Å²) in [6.07, 6.45) is 2.93. The van der Waals surface area contributed by atoms with Crippen LogP contribution in [-0.2, 0) is 19.0 Å². The molecule has 2 aliphatic rings. The van der Waals surface area contributed by atoms with Crippen LogP contribution < -0.4 is 5.73 Å². The largest absolute Gasteiger partial charge is 0.469 e. The van der Waals surface area contributed by atoms with Crippen LogP contribution in [-0.4, -0.2) is 54.7 Å². The summed E-state index contributed by atoms with van der Waals surface area (Å²) in [7, 11) is 1.36. The van der Waals surface area contributed by atoms with Crippen LogP contribution in [0.3, 0.4) is 0 Å². The van der Waals surface area contributed by atoms with Crippen LogP contribution >= 0.6 is 0 Å². The van der Waals surface area contributed by atoms with Gasteiger partial charge in [0.2, 0.25) is 0 Å². The van der Waals surface area contributed by atoms with Gasteiger partial charge in [-0.3, -0.25) is 4.79 Å². The van der Waals surface area contributed by atoms with E-state index in [9.17, 15) is 9.90 Å². The second-order valence-electron chi connectivity index (χ2n) is 6.08. The van der Waals surface area contributed by atoms with Gasteiger partial charge in [0.25, 0.3) is 0 Å². The smallest absolute Gasteiger partial charge is 0.305 e. The summed E-state index contributed by atoms with van der Waals surface area (Å²) < 4.78 is 16.6. The van der Waals surface area contributed by atoms with Crippen molar-refractivity contribution in [2.45, 2.75) is 68.5 Å². The van der Waals surface area contributed by atoms with E-state index < -0.39 is 11.6 Å². The fourth-order valence-corrected chi connectivity index (χ4v) is 3.36. The number of esters is 1. The molecule has 2 fully saturated rings. The Hall–Kier alpha value is -1.20. The van der Waals surface area contributed by atoms with Crippen molar-refractivity contribution in [2.24, 2.45) is 5.73 Å². The number of nitrogens with two attached hydrogens (primary N) is 1. The molecule has 3 N–H and O–H groups in total. The lowest BCUT2D eigenvalue weighted by Crippen LogP contribution is -2.51. The van der Waals surface area contributed by atoms with Crippen molar-refractivity contribution in [3.05, 3.63) is 0 Å². The highest BCUT2D eigenvalue weighted by Crippen LogP contribution is 2.43. The zero-order valence-electron chi connectivity index (χ0n) is 12.9. The number of aliphatic hydroxyl groups is 1. The van der Waals surface area contributed by atoms with Crippen LogP contribution in [0.2, 0.25) is 0 Å². The van der Waals surface area contributed by atoms with E-state index in [-0.39, 0.29) is 37.3 Å². The number of aliphatic hydroxyl groups excluding tert-OH is 1. The molecule has 0 aliphatic carbocycles. The number of carbonyl (C=O) groups is 1. The van der Waals surface area contributed by atoms with Gasteiger partial charge in [-0.1, -0.05) is 0 Å². The van der Waals surface area contributed by atoms with E-state index >= 15 is 0 Å². The Morgan fingerprint density at radius 1 is 1.55 bits per heavy atom. The van der Waals surface area contributed by atoms with Crippen molar-refractivity contribution < 1.29 is 24.1 Å². The predicted molar refractivity (Wildman–Crippen MR) is 76.7 cm³/mol. The number of hydrogen-bond acceptors (Lipinski definition) is 7. The molecule has 0 bridgehead atoms. The molecule has 0 aromatic carbocycles. The second kappa shape index (κ2) is 7.38. The topological polar surface area (TPSA) is 115 Å². The average Bonchev–Trinajstić information content (AvgIpc) is 2.90. The average molecular weight is 312 g/mol. The fraction of sp³-hybridized carbons (Fsp3) is 0.867. The highest BCUT2D eigenvalue weighted by molar-refractivity contribution is 5.69. The van der Waals surface area contributed by atoms with Crippen molar-refractivity contribution in [1.82, 2.24) is 0 Å². The number of fused-ring (bicyclic) bond motifs is 1. The summed E-state index contributed by atoms with van der Waals surface area (Å²) in [4.78, 5) is 11.2. The van der Waals surface area contributed by atoms with Crippen molar-refractivity contribution in [1.29, 1.82) is 5.26 Å². The molecular weight excluding hydrogens is 288 g/mol. The highest BCUT2D eigenvalue weighted by atomic mass is 16.6. The van der Waals surface area contributed by atoms with E-state index in [0.717, 1.165) is 12.8 Å². The van der Waals surface area contributed by atoms with Gasteiger partial charge in [0, 0.05) is 19.3 Å². The Bertz CT molecular complexity index is 438. The van der Waals surface area contributed by atoms with E-state index in [1.165, 1.54) is 7.11 Å². The molecule has 5 atom stereocenters. The van der Waals surface area contributed by atoms with Crippen molar-refractivity contribution in [2.75, 3.05) is 13.7 Å². The summed E-state index contributed by atoms with van der Waals surface area (Å²) in [5.74, 6) is -0.268. The first-order valence-corrected chi connectivity index (χ1v) is 7.69. The van der Waals surface area contributed by atoms with Crippen LogP contribution in [0.15, 0.2) is 0 Å². The zero-order chi connectivity index (χ0) is 16.2. The third kappa shape index (κ3) is 3.76. The SMILES string of the molecule is COC(=O)CCC1CC2(CO)O[C@@H](C[C@@H](N)C#N)CC[C@@H]2O1. The molecule has 7 heteroatoms. The number of carbonyl (C=O) groups excluding carboxylic acids is 1. The van der Waals surface area contributed by atoms with Crippen LogP contribution in [0.5, 0.6) is 0 Å². The molecule has 0 aromatic heterocycles. The van der Waals surface area contributed by atoms with Gasteiger partial charge < -0.3 is 25.1 Å². The summed E-state index contributed by atoms with van der Waals surface area (Å²) >= 11 is 0. The van der Waals surface area contributed by atoms with E-state index in [1.54, 1.807) is 0 Å². The number of ether oxygens (including phenoxy) is 3. The standard InChI is InChI=1S/C15H24N2O5/c1-20-14(19)5-3-12-7-15(9-18)13(21-12)4-2-11(22-15)6-10(17)8-16/h10-13,18H,2-7,9,17H2,1H3/t10-,11-,12?,13+,15?/m1/s1. The molecule has 2 unspecified atom stereocenters. The lowest BCUT2D eigenvalue weighted by Gasteiger charge is -2.41. The van der Waals surface area contributed by atoms with Crippen LogP contribution in [0.4, 0.5) is 0 Å². The summed E-state index contributed by atoms with van der Waals surface area (Å²) in [5, 5.41) is 18.6. The molecule has 2 saturated heterocycles. The Labute approximate surface area is 130 Å². The lowest BCUT2D eigenvalue weighted by atomic mass is 9.85. The maximum Gasteiger partial charge on any atom is 0.305 e. The molecule has 2 aliphatic heterocycles. The van der Waals surface area contributed by atoms with Crippen LogP contribution in [0.1, 0.15) is 38.5 Å². The van der Waals surface area contributed by atoms with E-state index in [4.69, 9.17) is 20.5 Å². The molecule has 7 nitrogen and oxygen atoms in total. The Balaban J connectivity index is 1.94. The maximum atomic E-state index is 11.2. The number of rotatable bonds is 6. The normalized spacial score (nSPS) is 35.5. The molecule has 124 valence electrons. The lowest BCUT2D eigenvalue weighted by molar-refractivity contribution is -0.184. The molecule has 0 aromatic rings. The summed E-state index contributed by atoms with van der Waals surface area (Å²) in [5.41, 5.74) is 4.93. The van der Waals surface area contributed by atoms with Crippen LogP contribution in [0, 0.1) is 11.3 Å². The number of hydrogen-bond donors (Lipinski definition) is 2. The molecule has 0 spiro atoms. The van der Waals surface area contributed by atoms with Gasteiger partial charge >= 0.3 is 5.97 Å². The second-order valence-corrected chi connectivity index (χ2v) is 6.08. The van der Waals surface area contributed by atoms with Gasteiger partial charge in [0.1, 0.15) is 5.60 Å². The molecule has 2 heterocycles. The molecule has 0 saturated carbocycles. The van der Waals surface area contributed by atoms with Gasteiger partial charge in [-0.05, 0) is 19.3 Å². The predicted octanol–water partition coefficient (Wildman–Crippen LogP) is 0.248. The fourth-order valence-electron chi connectivity index (χ4n) is 3.36. The van der Waals surface area contributed by atoms with E-state index in [0.29, 0.717) is 19.3 Å². The summed E-state index contributed by atoms with van der Waals surface area (Å²) in [6, 6.07) is 1.44. The molecule has 2 rings (SSSR count). The van der Waals surface area contributed by atoms with Gasteiger partial charge in [0.15, 0.2) is 0 Å². The minimum atomic E-state index is -0.737. The first-order chi connectivity index (χ1) is 10.5. The van der Waals surface area contributed by atoms with E-state index in [2.05, 4.69) is 4.74 Å². The molecular formula is C15H24N2O5. The third-order valence-electron chi connectivity index (χ3n) is 4.52. The van der Waals surface area contributed by atoms with Gasteiger partial charge in [-0.25, -0.2) is 0 Å². The number of methoxy groups -OCH3 is 1. The maximum absolute atomic E-state index is 11.2. The quantitative estimate of drug-likeness (QED) is 0.675. The van der Waals surface area contributed by atoms with Gasteiger partial charge in [0.05, 0.1) is 44.1 Å². The van der Waals surface area contributed by atoms with Crippen LogP contribution in [0.25, 0.3) is 0 Å². The minimum absolute atomic E-state index is 0.125. The molecule has 0 amide bonds. The monoisotopic (exact) mass is 312 g/mol. The zero-order valence-corrected chi connectivity index (χ0v) is 12.9. The van der Waals surface area contributed by atoms with Crippen molar-refractivity contribution >= 4 is 5.97 Å². The molecule has 0 radical (unpaired) electrons. The van der Waals surface area contributed by atoms with E-state index in [1.807, 2.05) is 6.07 Å². The Morgan fingerprint density at radius 2 is 2.32 bits per heavy atom. The Kier molecular flexibility index (Phi) is 5.75. The van der Waals surface area contributed by atoms with Crippen molar-refractivity contribution in [3.63, 3.8) is 0 Å². The number of nitrogens with zero attached hydrogens (tertiary/aromatic N) is 1. The minimum Gasteiger partial charge on any atom is -0.469 e. The van der Waals surface area contributed by atoms with Gasteiger partial charge in [-0.2, -0.15) is 5.26 Å². The highest BCUT2D eigenvalue weighted by Gasteiger charge is 2.52. The first kappa shape index (κ1) is 17.2. The molecule has 22 heavy (non-hydrogen) atoms.